The molecule has 0 unspecified atom stereocenters. The normalized spacial score (nSPS) is 22.2. The number of phenols is 1. The van der Waals surface area contributed by atoms with E-state index in [1.54, 1.807) is 6.07 Å². The summed E-state index contributed by atoms with van der Waals surface area (Å²) >= 11 is 2.20. The van der Waals surface area contributed by atoms with Crippen LogP contribution in [0.25, 0.3) is 0 Å². The highest BCUT2D eigenvalue weighted by Gasteiger charge is 2.17. The van der Waals surface area contributed by atoms with Crippen LogP contribution in [0, 0.1) is 3.57 Å². The number of phenolic OH excluding ortho intramolecular Hbond substituents is 1. The largest absolute Gasteiger partial charge is 0.508 e. The van der Waals surface area contributed by atoms with Crippen LogP contribution in [0.5, 0.6) is 5.75 Å². The van der Waals surface area contributed by atoms with E-state index in [-0.39, 0.29) is 6.04 Å². The lowest BCUT2D eigenvalue weighted by atomic mass is 10.0. The molecule has 0 saturated carbocycles. The van der Waals surface area contributed by atoms with Crippen molar-refractivity contribution in [2.24, 2.45) is 0 Å². The Morgan fingerprint density at radius 1 is 1.36 bits per heavy atom. The van der Waals surface area contributed by atoms with Crippen molar-refractivity contribution in [3.8, 4) is 5.75 Å². The Balaban J connectivity index is 2.22. The molecule has 1 saturated heterocycles. The molecular weight excluding hydrogens is 291 g/mol. The van der Waals surface area contributed by atoms with Gasteiger partial charge in [0.05, 0.1) is 0 Å². The molecule has 0 amide bonds. The molecule has 3 nitrogen and oxygen atoms in total. The summed E-state index contributed by atoms with van der Waals surface area (Å²) in [6, 6.07) is 6.04. The van der Waals surface area contributed by atoms with Crippen LogP contribution >= 0.6 is 22.6 Å². The van der Waals surface area contributed by atoms with Crippen LogP contribution in [0.1, 0.15) is 11.6 Å². The van der Waals surface area contributed by atoms with Crippen LogP contribution in [-0.2, 0) is 0 Å². The molecule has 0 spiro atoms. The molecule has 1 aromatic carbocycles. The molecule has 76 valence electrons. The van der Waals surface area contributed by atoms with E-state index >= 15 is 0 Å². The van der Waals surface area contributed by atoms with E-state index in [0.717, 1.165) is 28.8 Å². The van der Waals surface area contributed by atoms with Crippen LogP contribution in [0.2, 0.25) is 0 Å². The molecule has 0 bridgehead atoms. The highest BCUT2D eigenvalue weighted by atomic mass is 127. The second-order valence-corrected chi connectivity index (χ2v) is 4.66. The first kappa shape index (κ1) is 10.2. The fourth-order valence-corrected chi connectivity index (χ4v) is 2.16. The monoisotopic (exact) mass is 304 g/mol. The van der Waals surface area contributed by atoms with Crippen molar-refractivity contribution in [2.75, 3.05) is 19.6 Å². The molecule has 0 radical (unpaired) electrons. The van der Waals surface area contributed by atoms with Gasteiger partial charge in [0.2, 0.25) is 0 Å². The Morgan fingerprint density at radius 2 is 2.21 bits per heavy atom. The van der Waals surface area contributed by atoms with Crippen LogP contribution in [-0.4, -0.2) is 24.7 Å². The Labute approximate surface area is 97.0 Å². The number of hydrogen-bond acceptors (Lipinski definition) is 3. The van der Waals surface area contributed by atoms with Crippen molar-refractivity contribution < 1.29 is 5.11 Å². The van der Waals surface area contributed by atoms with Crippen molar-refractivity contribution in [2.45, 2.75) is 6.04 Å². The third-order valence-corrected chi connectivity index (χ3v) is 3.08. The smallest absolute Gasteiger partial charge is 0.121 e. The van der Waals surface area contributed by atoms with Gasteiger partial charge in [0, 0.05) is 34.8 Å². The zero-order valence-electron chi connectivity index (χ0n) is 7.76. The predicted molar refractivity (Wildman–Crippen MR) is 64.4 cm³/mol. The van der Waals surface area contributed by atoms with E-state index in [0.29, 0.717) is 5.75 Å². The quantitative estimate of drug-likeness (QED) is 0.684. The van der Waals surface area contributed by atoms with E-state index in [4.69, 9.17) is 0 Å². The fraction of sp³-hybridized carbons (Fsp3) is 0.400. The highest BCUT2D eigenvalue weighted by molar-refractivity contribution is 14.1. The number of benzene rings is 1. The lowest BCUT2D eigenvalue weighted by Gasteiger charge is -2.25. The molecule has 1 aliphatic heterocycles. The van der Waals surface area contributed by atoms with Crippen molar-refractivity contribution in [1.82, 2.24) is 10.6 Å². The van der Waals surface area contributed by atoms with Crippen LogP contribution in [0.4, 0.5) is 0 Å². The number of aromatic hydroxyl groups is 1. The van der Waals surface area contributed by atoms with E-state index in [1.165, 1.54) is 0 Å². The fourth-order valence-electron chi connectivity index (χ4n) is 1.68. The first-order chi connectivity index (χ1) is 6.77. The van der Waals surface area contributed by atoms with E-state index in [1.807, 2.05) is 12.1 Å². The molecule has 1 atom stereocenters. The molecule has 0 aliphatic carbocycles. The third-order valence-electron chi connectivity index (χ3n) is 2.41. The maximum absolute atomic E-state index is 9.77. The minimum Gasteiger partial charge on any atom is -0.508 e. The minimum absolute atomic E-state index is 0.237. The van der Waals surface area contributed by atoms with Gasteiger partial charge in [-0.2, -0.15) is 0 Å². The molecule has 4 heteroatoms. The molecule has 1 heterocycles. The maximum Gasteiger partial charge on any atom is 0.121 e. The number of rotatable bonds is 1. The van der Waals surface area contributed by atoms with Gasteiger partial charge in [0.1, 0.15) is 5.75 Å². The minimum atomic E-state index is 0.237. The van der Waals surface area contributed by atoms with E-state index in [9.17, 15) is 5.11 Å². The lowest BCUT2D eigenvalue weighted by molar-refractivity contribution is 0.404. The molecule has 1 aromatic rings. The first-order valence-corrected chi connectivity index (χ1v) is 5.78. The van der Waals surface area contributed by atoms with Gasteiger partial charge in [-0.05, 0) is 34.7 Å². The topological polar surface area (TPSA) is 44.3 Å². The predicted octanol–water partition coefficient (Wildman–Crippen LogP) is 1.23. The maximum atomic E-state index is 9.77. The third kappa shape index (κ3) is 2.18. The SMILES string of the molecule is Oc1cc(I)ccc1[C@@H]1CNCCN1. The summed E-state index contributed by atoms with van der Waals surface area (Å²) in [5.41, 5.74) is 0.984. The average Bonchev–Trinajstić information content (AvgIpc) is 2.19. The average molecular weight is 304 g/mol. The Kier molecular flexibility index (Phi) is 3.25. The molecule has 0 aromatic heterocycles. The number of nitrogens with one attached hydrogen (secondary N) is 2. The molecule has 14 heavy (non-hydrogen) atoms. The molecule has 2 rings (SSSR count). The Hall–Kier alpha value is -0.330. The van der Waals surface area contributed by atoms with Gasteiger partial charge < -0.3 is 15.7 Å². The number of halogens is 1. The summed E-state index contributed by atoms with van der Waals surface area (Å²) in [4.78, 5) is 0. The van der Waals surface area contributed by atoms with Gasteiger partial charge in [-0.1, -0.05) is 6.07 Å². The number of hydrogen-bond donors (Lipinski definition) is 3. The summed E-state index contributed by atoms with van der Waals surface area (Å²) < 4.78 is 1.06. The van der Waals surface area contributed by atoms with Gasteiger partial charge in [-0.25, -0.2) is 0 Å². The van der Waals surface area contributed by atoms with Crippen molar-refractivity contribution in [1.29, 1.82) is 0 Å². The molecule has 1 aliphatic rings. The summed E-state index contributed by atoms with van der Waals surface area (Å²) in [5, 5.41) is 16.4. The molecular formula is C10H13IN2O. The highest BCUT2D eigenvalue weighted by Crippen LogP contribution is 2.26. The number of piperazine rings is 1. The standard InChI is InChI=1S/C10H13IN2O/c11-7-1-2-8(10(14)5-7)9-6-12-3-4-13-9/h1-2,5,9,12-14H,3-4,6H2/t9-/m0/s1. The molecule has 1 fully saturated rings. The zero-order chi connectivity index (χ0) is 9.97. The van der Waals surface area contributed by atoms with Crippen LogP contribution < -0.4 is 10.6 Å². The summed E-state index contributed by atoms with van der Waals surface area (Å²) in [6.07, 6.45) is 0. The van der Waals surface area contributed by atoms with E-state index < -0.39 is 0 Å². The van der Waals surface area contributed by atoms with Gasteiger partial charge >= 0.3 is 0 Å². The Morgan fingerprint density at radius 3 is 2.86 bits per heavy atom. The summed E-state index contributed by atoms with van der Waals surface area (Å²) in [6.45, 7) is 2.84. The van der Waals surface area contributed by atoms with Crippen molar-refractivity contribution in [3.05, 3.63) is 27.3 Å². The lowest BCUT2D eigenvalue weighted by Crippen LogP contribution is -2.42. The first-order valence-electron chi connectivity index (χ1n) is 4.70. The molecule has 3 N–H and O–H groups in total. The van der Waals surface area contributed by atoms with Gasteiger partial charge in [-0.15, -0.1) is 0 Å². The van der Waals surface area contributed by atoms with Gasteiger partial charge in [0.25, 0.3) is 0 Å². The van der Waals surface area contributed by atoms with Crippen molar-refractivity contribution >= 4 is 22.6 Å². The van der Waals surface area contributed by atoms with Gasteiger partial charge in [-0.3, -0.25) is 0 Å². The summed E-state index contributed by atoms with van der Waals surface area (Å²) in [7, 11) is 0. The second kappa shape index (κ2) is 4.46. The second-order valence-electron chi connectivity index (χ2n) is 3.41. The van der Waals surface area contributed by atoms with Crippen molar-refractivity contribution in [3.63, 3.8) is 0 Å². The Bertz CT molecular complexity index is 324. The van der Waals surface area contributed by atoms with Gasteiger partial charge in [0.15, 0.2) is 0 Å². The van der Waals surface area contributed by atoms with Crippen LogP contribution in [0.15, 0.2) is 18.2 Å². The zero-order valence-corrected chi connectivity index (χ0v) is 9.91. The van der Waals surface area contributed by atoms with E-state index in [2.05, 4.69) is 33.2 Å². The van der Waals surface area contributed by atoms with Crippen LogP contribution in [0.3, 0.4) is 0 Å². The summed E-state index contributed by atoms with van der Waals surface area (Å²) in [5.74, 6) is 0.387.